The molecule has 0 aromatic heterocycles. The van der Waals surface area contributed by atoms with Gasteiger partial charge in [0.2, 0.25) is 0 Å². The van der Waals surface area contributed by atoms with Crippen LogP contribution in [0.4, 0.5) is 0 Å². The molecule has 3 N–H and O–H groups in total. The first-order chi connectivity index (χ1) is 14.5. The van der Waals surface area contributed by atoms with Gasteiger partial charge in [0.25, 0.3) is 5.91 Å². The first-order valence-corrected chi connectivity index (χ1v) is 11.9. The van der Waals surface area contributed by atoms with Crippen molar-refractivity contribution in [2.45, 2.75) is 89.1 Å². The van der Waals surface area contributed by atoms with Crippen LogP contribution in [-0.4, -0.2) is 23.7 Å². The van der Waals surface area contributed by atoms with Crippen LogP contribution in [-0.2, 0) is 4.79 Å². The molecule has 0 heterocycles. The molecule has 3 aliphatic rings. The van der Waals surface area contributed by atoms with Crippen LogP contribution in [0.15, 0.2) is 52.2 Å². The Morgan fingerprint density at radius 2 is 1.77 bits per heavy atom. The topological polar surface area (TPSA) is 67.5 Å². The summed E-state index contributed by atoms with van der Waals surface area (Å²) in [5.74, 6) is 0.0616. The summed E-state index contributed by atoms with van der Waals surface area (Å²) in [4.78, 5) is 18.0. The van der Waals surface area contributed by atoms with Gasteiger partial charge in [-0.25, -0.2) is 0 Å². The van der Waals surface area contributed by atoms with Gasteiger partial charge >= 0.3 is 0 Å². The molecular weight excluding hydrogens is 394 g/mol. The second kappa shape index (κ2) is 11.0. The summed E-state index contributed by atoms with van der Waals surface area (Å²) in [5.41, 5.74) is 9.80. The molecule has 0 aromatic carbocycles. The van der Waals surface area contributed by atoms with Gasteiger partial charge in [-0.3, -0.25) is 9.79 Å². The number of allylic oxidation sites excluding steroid dienone is 5. The molecule has 30 heavy (non-hydrogen) atoms. The number of nitrogens with one attached hydrogen (secondary N) is 1. The number of rotatable bonds is 7. The smallest absolute Gasteiger partial charge is 0.267 e. The number of nitrogens with two attached hydrogens (primary N) is 1. The van der Waals surface area contributed by atoms with Crippen LogP contribution in [0, 0.1) is 5.92 Å². The van der Waals surface area contributed by atoms with Crippen LogP contribution in [0.2, 0.25) is 0 Å². The van der Waals surface area contributed by atoms with Gasteiger partial charge in [-0.15, -0.1) is 0 Å². The van der Waals surface area contributed by atoms with Crippen molar-refractivity contribution in [1.29, 1.82) is 0 Å². The van der Waals surface area contributed by atoms with E-state index in [9.17, 15) is 4.79 Å². The molecule has 3 aliphatic carbocycles. The van der Waals surface area contributed by atoms with Crippen LogP contribution in [0.25, 0.3) is 0 Å². The van der Waals surface area contributed by atoms with Crippen LogP contribution in [0.5, 0.6) is 0 Å². The van der Waals surface area contributed by atoms with E-state index in [-0.39, 0.29) is 11.8 Å². The number of amides is 1. The van der Waals surface area contributed by atoms with E-state index in [1.54, 1.807) is 6.08 Å². The summed E-state index contributed by atoms with van der Waals surface area (Å²) >= 11 is 6.39. The van der Waals surface area contributed by atoms with E-state index in [1.165, 1.54) is 19.3 Å². The van der Waals surface area contributed by atoms with Crippen molar-refractivity contribution < 1.29 is 4.79 Å². The van der Waals surface area contributed by atoms with Crippen molar-refractivity contribution in [1.82, 2.24) is 5.32 Å². The second-order valence-electron chi connectivity index (χ2n) is 8.87. The van der Waals surface area contributed by atoms with Crippen molar-refractivity contribution in [3.63, 3.8) is 0 Å². The zero-order chi connectivity index (χ0) is 21.5. The van der Waals surface area contributed by atoms with Crippen LogP contribution in [0.1, 0.15) is 77.0 Å². The first-order valence-electron chi connectivity index (χ1n) is 11.5. The van der Waals surface area contributed by atoms with Gasteiger partial charge in [0.1, 0.15) is 5.70 Å². The minimum atomic E-state index is -0.131. The van der Waals surface area contributed by atoms with Crippen LogP contribution >= 0.6 is 11.6 Å². The van der Waals surface area contributed by atoms with E-state index >= 15 is 0 Å². The number of hydrogen-bond donors (Lipinski definition) is 2. The summed E-state index contributed by atoms with van der Waals surface area (Å²) in [6, 6.07) is 0.619. The summed E-state index contributed by atoms with van der Waals surface area (Å²) < 4.78 is 0. The van der Waals surface area contributed by atoms with Crippen molar-refractivity contribution in [3.05, 3.63) is 47.2 Å². The molecule has 0 bridgehead atoms. The Morgan fingerprint density at radius 1 is 1.07 bits per heavy atom. The Labute approximate surface area is 186 Å². The fourth-order valence-electron chi connectivity index (χ4n) is 4.57. The third-order valence-electron chi connectivity index (χ3n) is 6.50. The molecule has 4 nitrogen and oxygen atoms in total. The highest BCUT2D eigenvalue weighted by Gasteiger charge is 2.30. The Morgan fingerprint density at radius 3 is 2.40 bits per heavy atom. The average molecular weight is 430 g/mol. The van der Waals surface area contributed by atoms with Crippen molar-refractivity contribution in [3.8, 4) is 0 Å². The highest BCUT2D eigenvalue weighted by Crippen LogP contribution is 2.34. The Balaban J connectivity index is 1.97. The third-order valence-corrected chi connectivity index (χ3v) is 6.90. The summed E-state index contributed by atoms with van der Waals surface area (Å²) in [5, 5.41) is 3.69. The lowest BCUT2D eigenvalue weighted by Crippen LogP contribution is -2.33. The fraction of sp³-hybridized carbons (Fsp3) is 0.600. The summed E-state index contributed by atoms with van der Waals surface area (Å²) in [6.45, 7) is 7.75. The number of carbonyl (C=O) groups is 1. The molecule has 3 rings (SSSR count). The quantitative estimate of drug-likeness (QED) is 0.309. The molecule has 1 amide bonds. The van der Waals surface area contributed by atoms with Gasteiger partial charge in [0.05, 0.1) is 6.04 Å². The van der Waals surface area contributed by atoms with Crippen LogP contribution < -0.4 is 11.1 Å². The molecule has 0 aliphatic heterocycles. The van der Waals surface area contributed by atoms with Gasteiger partial charge in [0.15, 0.2) is 0 Å². The molecule has 5 heteroatoms. The van der Waals surface area contributed by atoms with Crippen LogP contribution in [0.3, 0.4) is 0 Å². The minimum Gasteiger partial charge on any atom is -0.394 e. The van der Waals surface area contributed by atoms with E-state index in [1.807, 2.05) is 6.08 Å². The highest BCUT2D eigenvalue weighted by molar-refractivity contribution is 6.31. The third kappa shape index (κ3) is 6.10. The molecule has 3 fully saturated rings. The number of nitrogens with zero attached hydrogens (tertiary/aromatic N) is 1. The fourth-order valence-corrected chi connectivity index (χ4v) is 4.72. The van der Waals surface area contributed by atoms with Gasteiger partial charge in [-0.05, 0) is 56.9 Å². The maximum absolute atomic E-state index is 12.8. The average Bonchev–Trinajstić information content (AvgIpc) is 3.60. The standard InChI is InChI=1S/C25H36ClN3O/c1-3-17(22(26)4-2)16-18-10-8-9-13-21(23(27)25(30)29-20-14-15-20)24(18)28-19-11-6-5-7-12-19/h3-4,18-20H,1-2,5-16,27H2,(H,29,30)/b22-17-,23-21-,28-24?. The molecular formula is C25H36ClN3O. The molecule has 1 unspecified atom stereocenters. The molecule has 0 spiro atoms. The largest absolute Gasteiger partial charge is 0.394 e. The van der Waals surface area contributed by atoms with Gasteiger partial charge in [0, 0.05) is 28.3 Å². The number of halogens is 1. The van der Waals surface area contributed by atoms with Crippen molar-refractivity contribution in [2.24, 2.45) is 16.6 Å². The Bertz CT molecular complexity index is 754. The predicted octanol–water partition coefficient (Wildman–Crippen LogP) is 5.70. The van der Waals surface area contributed by atoms with E-state index in [0.717, 1.165) is 74.6 Å². The van der Waals surface area contributed by atoms with Gasteiger partial charge < -0.3 is 11.1 Å². The normalized spacial score (nSPS) is 27.1. The molecule has 1 atom stereocenters. The number of carbonyl (C=O) groups excluding carboxylic acids is 1. The Kier molecular flexibility index (Phi) is 8.38. The Hall–Kier alpha value is -1.81. The zero-order valence-electron chi connectivity index (χ0n) is 18.1. The van der Waals surface area contributed by atoms with E-state index in [0.29, 0.717) is 22.8 Å². The lowest BCUT2D eigenvalue weighted by atomic mass is 9.86. The van der Waals surface area contributed by atoms with Gasteiger partial charge in [-0.1, -0.05) is 62.6 Å². The number of aliphatic imine (C=N–C) groups is 1. The molecule has 164 valence electrons. The monoisotopic (exact) mass is 429 g/mol. The highest BCUT2D eigenvalue weighted by atomic mass is 35.5. The molecule has 0 saturated heterocycles. The van der Waals surface area contributed by atoms with Crippen molar-refractivity contribution >= 4 is 23.2 Å². The second-order valence-corrected chi connectivity index (χ2v) is 9.28. The maximum Gasteiger partial charge on any atom is 0.267 e. The predicted molar refractivity (Wildman–Crippen MR) is 127 cm³/mol. The molecule has 0 radical (unpaired) electrons. The SMILES string of the molecule is C=C/C(Cl)=C(\C=C)CC1CCCC/C(=C(/N)C(=O)NC2CC2)C1=NC1CCCCC1. The molecule has 3 saturated carbocycles. The van der Waals surface area contributed by atoms with E-state index in [4.69, 9.17) is 22.3 Å². The lowest BCUT2D eigenvalue weighted by molar-refractivity contribution is -0.117. The maximum atomic E-state index is 12.8. The van der Waals surface area contributed by atoms with E-state index in [2.05, 4.69) is 18.5 Å². The minimum absolute atomic E-state index is 0.131. The summed E-state index contributed by atoms with van der Waals surface area (Å²) in [6.07, 6.45) is 16.3. The van der Waals surface area contributed by atoms with Gasteiger partial charge in [-0.2, -0.15) is 0 Å². The number of hydrogen-bond acceptors (Lipinski definition) is 3. The van der Waals surface area contributed by atoms with E-state index < -0.39 is 0 Å². The zero-order valence-corrected chi connectivity index (χ0v) is 18.9. The van der Waals surface area contributed by atoms with Crippen molar-refractivity contribution in [2.75, 3.05) is 0 Å². The summed E-state index contributed by atoms with van der Waals surface area (Å²) in [7, 11) is 0. The lowest BCUT2D eigenvalue weighted by Gasteiger charge is -2.25. The molecule has 0 aromatic rings. The first kappa shape index (κ1) is 22.9.